The summed E-state index contributed by atoms with van der Waals surface area (Å²) in [7, 11) is 1.55. The van der Waals surface area contributed by atoms with Gasteiger partial charge in [0.15, 0.2) is 11.5 Å². The van der Waals surface area contributed by atoms with Gasteiger partial charge in [0.05, 0.1) is 31.2 Å². The highest BCUT2D eigenvalue weighted by Crippen LogP contribution is 2.40. The number of halogens is 1. The van der Waals surface area contributed by atoms with Gasteiger partial charge in [-0.1, -0.05) is 34.1 Å². The van der Waals surface area contributed by atoms with Crippen molar-refractivity contribution in [2.75, 3.05) is 12.4 Å². The third-order valence-electron chi connectivity index (χ3n) is 4.66. The summed E-state index contributed by atoms with van der Waals surface area (Å²) in [6.07, 6.45) is 1.64. The van der Waals surface area contributed by atoms with E-state index in [0.717, 1.165) is 15.6 Å². The predicted octanol–water partition coefficient (Wildman–Crippen LogP) is 3.43. The van der Waals surface area contributed by atoms with E-state index in [2.05, 4.69) is 37.4 Å². The monoisotopic (exact) mass is 453 g/mol. The number of hydrogen-bond acceptors (Lipinski definition) is 6. The number of carbonyl (C=O) groups excluding carboxylic acids is 1. The van der Waals surface area contributed by atoms with Crippen molar-refractivity contribution in [2.45, 2.75) is 19.1 Å². The molecule has 0 bridgehead atoms. The summed E-state index contributed by atoms with van der Waals surface area (Å²) < 4.78 is 13.9. The number of anilines is 1. The Morgan fingerprint density at radius 1 is 1.34 bits per heavy atom. The Hall–Kier alpha value is -3.38. The van der Waals surface area contributed by atoms with E-state index in [1.54, 1.807) is 23.9 Å². The molecule has 0 radical (unpaired) electrons. The van der Waals surface area contributed by atoms with Crippen LogP contribution in [0.2, 0.25) is 0 Å². The summed E-state index contributed by atoms with van der Waals surface area (Å²) in [5.74, 6) is 1.32. The van der Waals surface area contributed by atoms with Crippen LogP contribution in [0.1, 0.15) is 29.2 Å². The lowest BCUT2D eigenvalue weighted by molar-refractivity contribution is -0.117. The van der Waals surface area contributed by atoms with E-state index in [0.29, 0.717) is 23.0 Å². The van der Waals surface area contributed by atoms with Crippen molar-refractivity contribution < 1.29 is 14.3 Å². The first-order chi connectivity index (χ1) is 14.1. The number of amides is 1. The normalized spacial score (nSPS) is 15.2. The van der Waals surface area contributed by atoms with Gasteiger partial charge in [0.25, 0.3) is 0 Å². The lowest BCUT2D eigenvalue weighted by atomic mass is 10.0. The summed E-state index contributed by atoms with van der Waals surface area (Å²) in [6.45, 7) is 0.227. The van der Waals surface area contributed by atoms with Gasteiger partial charge >= 0.3 is 0 Å². The standard InChI is InChI=1S/C20H16BrN5O3/c1-28-17-6-14(16-8-19(27)25-20-23-11-24-26(16)20)15(21)7-18(17)29-10-13-5-3-2-4-12(13)9-22/h2-7,11,16H,8,10H2,1H3,(H,23,24,25,27)/t16-/m1/s1. The van der Waals surface area contributed by atoms with Crippen LogP contribution in [-0.2, 0) is 11.4 Å². The number of nitrogens with one attached hydrogen (secondary N) is 1. The molecule has 1 N–H and O–H groups in total. The van der Waals surface area contributed by atoms with Gasteiger partial charge < -0.3 is 9.47 Å². The zero-order valence-electron chi connectivity index (χ0n) is 15.4. The predicted molar refractivity (Wildman–Crippen MR) is 108 cm³/mol. The molecule has 29 heavy (non-hydrogen) atoms. The van der Waals surface area contributed by atoms with Crippen LogP contribution in [0.25, 0.3) is 0 Å². The van der Waals surface area contributed by atoms with Crippen molar-refractivity contribution in [1.82, 2.24) is 14.8 Å². The molecule has 0 saturated heterocycles. The smallest absolute Gasteiger partial charge is 0.229 e. The first-order valence-corrected chi connectivity index (χ1v) is 9.57. The molecule has 1 aliphatic rings. The topological polar surface area (TPSA) is 102 Å². The summed E-state index contributed by atoms with van der Waals surface area (Å²) in [5.41, 5.74) is 2.18. The third-order valence-corrected chi connectivity index (χ3v) is 5.35. The van der Waals surface area contributed by atoms with Gasteiger partial charge in [-0.3, -0.25) is 10.1 Å². The highest BCUT2D eigenvalue weighted by molar-refractivity contribution is 9.10. The number of ether oxygens (including phenoxy) is 2. The Morgan fingerprint density at radius 2 is 2.17 bits per heavy atom. The molecule has 9 heteroatoms. The zero-order chi connectivity index (χ0) is 20.4. The summed E-state index contributed by atoms with van der Waals surface area (Å²) in [6, 6.07) is 12.7. The van der Waals surface area contributed by atoms with E-state index >= 15 is 0 Å². The van der Waals surface area contributed by atoms with Crippen molar-refractivity contribution >= 4 is 27.8 Å². The molecule has 4 rings (SSSR count). The molecule has 0 saturated carbocycles. The zero-order valence-corrected chi connectivity index (χ0v) is 17.0. The number of benzene rings is 2. The average Bonchev–Trinajstić information content (AvgIpc) is 3.20. The van der Waals surface area contributed by atoms with E-state index in [1.165, 1.54) is 6.33 Å². The molecule has 146 valence electrons. The molecule has 2 aromatic carbocycles. The number of methoxy groups -OCH3 is 1. The van der Waals surface area contributed by atoms with Gasteiger partial charge in [-0.05, 0) is 23.8 Å². The molecule has 0 aliphatic carbocycles. The van der Waals surface area contributed by atoms with Crippen LogP contribution in [0.15, 0.2) is 47.2 Å². The SMILES string of the molecule is COc1cc([C@H]2CC(=O)Nc3ncnn32)c(Br)cc1OCc1ccccc1C#N. The lowest BCUT2D eigenvalue weighted by Gasteiger charge is -2.25. The highest BCUT2D eigenvalue weighted by Gasteiger charge is 2.30. The average molecular weight is 454 g/mol. The number of aromatic nitrogens is 3. The van der Waals surface area contributed by atoms with E-state index in [-0.39, 0.29) is 25.0 Å². The van der Waals surface area contributed by atoms with Crippen LogP contribution in [0.3, 0.4) is 0 Å². The lowest BCUT2D eigenvalue weighted by Crippen LogP contribution is -2.29. The molecule has 2 heterocycles. The van der Waals surface area contributed by atoms with E-state index in [9.17, 15) is 10.1 Å². The van der Waals surface area contributed by atoms with E-state index < -0.39 is 0 Å². The maximum absolute atomic E-state index is 12.1. The maximum Gasteiger partial charge on any atom is 0.229 e. The van der Waals surface area contributed by atoms with Crippen molar-refractivity contribution in [2.24, 2.45) is 0 Å². The number of nitriles is 1. The van der Waals surface area contributed by atoms with Crippen LogP contribution in [0.5, 0.6) is 11.5 Å². The maximum atomic E-state index is 12.1. The second-order valence-electron chi connectivity index (χ2n) is 6.38. The molecular weight excluding hydrogens is 438 g/mol. The van der Waals surface area contributed by atoms with Crippen LogP contribution in [0, 0.1) is 11.3 Å². The number of rotatable bonds is 5. The Morgan fingerprint density at radius 3 is 2.97 bits per heavy atom. The van der Waals surface area contributed by atoms with Crippen molar-refractivity contribution in [1.29, 1.82) is 5.26 Å². The van der Waals surface area contributed by atoms with Gasteiger partial charge in [0, 0.05) is 10.0 Å². The largest absolute Gasteiger partial charge is 0.493 e. The minimum atomic E-state index is -0.321. The summed E-state index contributed by atoms with van der Waals surface area (Å²) in [4.78, 5) is 16.1. The minimum Gasteiger partial charge on any atom is -0.493 e. The highest BCUT2D eigenvalue weighted by atomic mass is 79.9. The fourth-order valence-corrected chi connectivity index (χ4v) is 3.82. The van der Waals surface area contributed by atoms with Crippen LogP contribution < -0.4 is 14.8 Å². The fourth-order valence-electron chi connectivity index (χ4n) is 3.24. The van der Waals surface area contributed by atoms with Crippen LogP contribution in [-0.4, -0.2) is 27.8 Å². The molecule has 1 amide bonds. The quantitative estimate of drug-likeness (QED) is 0.634. The molecule has 8 nitrogen and oxygen atoms in total. The first kappa shape index (κ1) is 19.0. The second kappa shape index (κ2) is 7.93. The molecule has 0 fully saturated rings. The van der Waals surface area contributed by atoms with Gasteiger partial charge in [0.2, 0.25) is 11.9 Å². The Labute approximate surface area is 175 Å². The Bertz CT molecular complexity index is 1120. The van der Waals surface area contributed by atoms with Gasteiger partial charge in [-0.25, -0.2) is 4.68 Å². The molecule has 1 aromatic heterocycles. The molecule has 3 aromatic rings. The van der Waals surface area contributed by atoms with Crippen molar-refractivity contribution in [3.63, 3.8) is 0 Å². The summed E-state index contributed by atoms with van der Waals surface area (Å²) in [5, 5.41) is 16.2. The summed E-state index contributed by atoms with van der Waals surface area (Å²) >= 11 is 3.58. The molecule has 1 aliphatic heterocycles. The Kier molecular flexibility index (Phi) is 5.18. The van der Waals surface area contributed by atoms with Gasteiger partial charge in [0.1, 0.15) is 12.9 Å². The van der Waals surface area contributed by atoms with E-state index in [1.807, 2.05) is 24.3 Å². The van der Waals surface area contributed by atoms with Gasteiger partial charge in [-0.2, -0.15) is 15.3 Å². The Balaban J connectivity index is 1.65. The van der Waals surface area contributed by atoms with Gasteiger partial charge in [-0.15, -0.1) is 0 Å². The number of fused-ring (bicyclic) bond motifs is 1. The van der Waals surface area contributed by atoms with Crippen LogP contribution in [0.4, 0.5) is 5.95 Å². The van der Waals surface area contributed by atoms with Crippen molar-refractivity contribution in [3.8, 4) is 17.6 Å². The van der Waals surface area contributed by atoms with E-state index in [4.69, 9.17) is 9.47 Å². The minimum absolute atomic E-state index is 0.130. The molecule has 0 spiro atoms. The fraction of sp³-hybridized carbons (Fsp3) is 0.200. The van der Waals surface area contributed by atoms with Crippen molar-refractivity contribution in [3.05, 3.63) is 63.9 Å². The third kappa shape index (κ3) is 3.67. The van der Waals surface area contributed by atoms with Crippen LogP contribution >= 0.6 is 15.9 Å². The molecule has 0 unspecified atom stereocenters. The number of nitrogens with zero attached hydrogens (tertiary/aromatic N) is 4. The first-order valence-electron chi connectivity index (χ1n) is 8.78. The molecular formula is C20H16BrN5O3. The number of hydrogen-bond donors (Lipinski definition) is 1. The molecule has 1 atom stereocenters. The number of carbonyl (C=O) groups is 1. The second-order valence-corrected chi connectivity index (χ2v) is 7.23.